The first-order valence-electron chi connectivity index (χ1n) is 5.90. The number of hydrogen-bond donors (Lipinski definition) is 1. The SMILES string of the molecule is CN1CCN(S(=O)(=O)c2ccc(N)cc2C#N)CC1=O. The molecule has 0 bridgehead atoms. The summed E-state index contributed by atoms with van der Waals surface area (Å²) in [7, 11) is -2.25. The first-order valence-corrected chi connectivity index (χ1v) is 7.34. The fourth-order valence-corrected chi connectivity index (χ4v) is 3.44. The minimum Gasteiger partial charge on any atom is -0.399 e. The van der Waals surface area contributed by atoms with Gasteiger partial charge in [0.05, 0.1) is 12.1 Å². The molecule has 8 heteroatoms. The van der Waals surface area contributed by atoms with Crippen LogP contribution in [0.1, 0.15) is 5.56 Å². The lowest BCUT2D eigenvalue weighted by Crippen LogP contribution is -2.50. The van der Waals surface area contributed by atoms with Gasteiger partial charge in [-0.05, 0) is 18.2 Å². The van der Waals surface area contributed by atoms with Crippen LogP contribution in [0, 0.1) is 11.3 Å². The number of carbonyl (C=O) groups excluding carboxylic acids is 1. The highest BCUT2D eigenvalue weighted by Gasteiger charge is 2.32. The highest BCUT2D eigenvalue weighted by atomic mass is 32.2. The molecule has 0 unspecified atom stereocenters. The van der Waals surface area contributed by atoms with Crippen LogP contribution in [0.5, 0.6) is 0 Å². The summed E-state index contributed by atoms with van der Waals surface area (Å²) in [4.78, 5) is 13.0. The van der Waals surface area contributed by atoms with Gasteiger partial charge in [0.2, 0.25) is 15.9 Å². The molecule has 0 aromatic heterocycles. The van der Waals surface area contributed by atoms with E-state index < -0.39 is 10.0 Å². The van der Waals surface area contributed by atoms with Crippen LogP contribution in [0.3, 0.4) is 0 Å². The second-order valence-corrected chi connectivity index (χ2v) is 6.43. The molecule has 0 radical (unpaired) electrons. The summed E-state index contributed by atoms with van der Waals surface area (Å²) in [6, 6.07) is 5.85. The Morgan fingerprint density at radius 2 is 2.05 bits per heavy atom. The molecule has 1 heterocycles. The van der Waals surface area contributed by atoms with Gasteiger partial charge in [0.25, 0.3) is 0 Å². The molecule has 1 aromatic carbocycles. The summed E-state index contributed by atoms with van der Waals surface area (Å²) >= 11 is 0. The van der Waals surface area contributed by atoms with E-state index in [1.54, 1.807) is 7.05 Å². The zero-order chi connectivity index (χ0) is 14.9. The number of likely N-dealkylation sites (N-methyl/N-ethyl adjacent to an activating group) is 1. The number of carbonyl (C=O) groups is 1. The van der Waals surface area contributed by atoms with Gasteiger partial charge in [-0.15, -0.1) is 0 Å². The van der Waals surface area contributed by atoms with Crippen molar-refractivity contribution < 1.29 is 13.2 Å². The minimum absolute atomic E-state index is 0.0172. The maximum atomic E-state index is 12.5. The van der Waals surface area contributed by atoms with E-state index in [4.69, 9.17) is 11.0 Å². The quantitative estimate of drug-likeness (QED) is 0.747. The van der Waals surface area contributed by atoms with E-state index in [-0.39, 0.29) is 29.5 Å². The van der Waals surface area contributed by atoms with E-state index in [0.717, 1.165) is 4.31 Å². The number of hydrogen-bond acceptors (Lipinski definition) is 5. The number of piperazine rings is 1. The Morgan fingerprint density at radius 3 is 2.65 bits per heavy atom. The van der Waals surface area contributed by atoms with Gasteiger partial charge in [-0.2, -0.15) is 9.57 Å². The maximum absolute atomic E-state index is 12.5. The van der Waals surface area contributed by atoms with Crippen molar-refractivity contribution in [3.05, 3.63) is 23.8 Å². The average Bonchev–Trinajstić information content (AvgIpc) is 2.41. The summed E-state index contributed by atoms with van der Waals surface area (Å²) in [5.41, 5.74) is 5.84. The summed E-state index contributed by atoms with van der Waals surface area (Å²) in [5.74, 6) is -0.270. The van der Waals surface area contributed by atoms with Gasteiger partial charge in [0.1, 0.15) is 11.0 Å². The van der Waals surface area contributed by atoms with E-state index in [2.05, 4.69) is 0 Å². The molecular formula is C12H14N4O3S. The van der Waals surface area contributed by atoms with Crippen LogP contribution in [0.2, 0.25) is 0 Å². The first kappa shape index (κ1) is 14.3. The Kier molecular flexibility index (Phi) is 3.65. The lowest BCUT2D eigenvalue weighted by molar-refractivity contribution is -0.132. The maximum Gasteiger partial charge on any atom is 0.244 e. The smallest absolute Gasteiger partial charge is 0.244 e. The molecule has 106 valence electrons. The van der Waals surface area contributed by atoms with Gasteiger partial charge in [-0.1, -0.05) is 0 Å². The van der Waals surface area contributed by atoms with Crippen LogP contribution in [-0.4, -0.2) is 50.2 Å². The average molecular weight is 294 g/mol. The van der Waals surface area contributed by atoms with Gasteiger partial charge in [-0.25, -0.2) is 8.42 Å². The van der Waals surface area contributed by atoms with Crippen LogP contribution in [0.15, 0.2) is 23.1 Å². The van der Waals surface area contributed by atoms with Crippen molar-refractivity contribution in [2.45, 2.75) is 4.90 Å². The molecule has 7 nitrogen and oxygen atoms in total. The number of amides is 1. The number of benzene rings is 1. The minimum atomic E-state index is -3.87. The molecule has 0 saturated carbocycles. The largest absolute Gasteiger partial charge is 0.399 e. The molecule has 1 aliphatic heterocycles. The molecule has 1 aromatic rings. The summed E-state index contributed by atoms with van der Waals surface area (Å²) in [5, 5.41) is 9.03. The second-order valence-electron chi connectivity index (χ2n) is 4.52. The third-order valence-electron chi connectivity index (χ3n) is 3.16. The topological polar surface area (TPSA) is 108 Å². The lowest BCUT2D eigenvalue weighted by Gasteiger charge is -2.31. The van der Waals surface area contributed by atoms with Crippen LogP contribution >= 0.6 is 0 Å². The first-order chi connectivity index (χ1) is 9.36. The fourth-order valence-electron chi connectivity index (χ4n) is 1.94. The van der Waals surface area contributed by atoms with E-state index in [1.807, 2.05) is 6.07 Å². The fraction of sp³-hybridized carbons (Fsp3) is 0.333. The molecule has 0 aliphatic carbocycles. The summed E-state index contributed by atoms with van der Waals surface area (Å²) < 4.78 is 26.1. The zero-order valence-electron chi connectivity index (χ0n) is 10.9. The molecule has 1 aliphatic rings. The van der Waals surface area contributed by atoms with Gasteiger partial charge in [0, 0.05) is 25.8 Å². The molecule has 2 N–H and O–H groups in total. The van der Waals surface area contributed by atoms with Gasteiger partial charge in [0.15, 0.2) is 0 Å². The van der Waals surface area contributed by atoms with E-state index in [9.17, 15) is 13.2 Å². The molecule has 0 atom stereocenters. The standard InChI is InChI=1S/C12H14N4O3S/c1-15-4-5-16(8-12(15)17)20(18,19)11-3-2-10(14)6-9(11)7-13/h2-3,6H,4-5,8,14H2,1H3. The molecule has 0 spiro atoms. The van der Waals surface area contributed by atoms with Crippen LogP contribution < -0.4 is 5.73 Å². The van der Waals surface area contributed by atoms with Crippen molar-refractivity contribution >= 4 is 21.6 Å². The van der Waals surface area contributed by atoms with Crippen molar-refractivity contribution in [1.29, 1.82) is 5.26 Å². The van der Waals surface area contributed by atoms with E-state index in [1.165, 1.54) is 23.1 Å². The van der Waals surface area contributed by atoms with Crippen molar-refractivity contribution in [3.63, 3.8) is 0 Å². The predicted octanol–water partition coefficient (Wildman–Crippen LogP) is -0.397. The Balaban J connectivity index is 2.41. The van der Waals surface area contributed by atoms with Gasteiger partial charge >= 0.3 is 0 Å². The van der Waals surface area contributed by atoms with Crippen LogP contribution in [-0.2, 0) is 14.8 Å². The number of nitrogens with zero attached hydrogens (tertiary/aromatic N) is 3. The Labute approximate surface area is 117 Å². The van der Waals surface area contributed by atoms with Gasteiger partial charge < -0.3 is 10.6 Å². The highest BCUT2D eigenvalue weighted by Crippen LogP contribution is 2.23. The van der Waals surface area contributed by atoms with Crippen molar-refractivity contribution in [2.24, 2.45) is 0 Å². The molecule has 1 amide bonds. The Bertz CT molecular complexity index is 693. The van der Waals surface area contributed by atoms with E-state index in [0.29, 0.717) is 12.2 Å². The van der Waals surface area contributed by atoms with Crippen LogP contribution in [0.25, 0.3) is 0 Å². The highest BCUT2D eigenvalue weighted by molar-refractivity contribution is 7.89. The number of anilines is 1. The molecule has 2 rings (SSSR count). The number of nitrogen functional groups attached to an aromatic ring is 1. The number of nitrogens with two attached hydrogens (primary N) is 1. The number of nitriles is 1. The van der Waals surface area contributed by atoms with E-state index >= 15 is 0 Å². The number of sulfonamides is 1. The molecule has 1 saturated heterocycles. The lowest BCUT2D eigenvalue weighted by atomic mass is 10.2. The molecule has 20 heavy (non-hydrogen) atoms. The third-order valence-corrected chi connectivity index (χ3v) is 5.07. The third kappa shape index (κ3) is 2.45. The van der Waals surface area contributed by atoms with Crippen molar-refractivity contribution in [2.75, 3.05) is 32.4 Å². The summed E-state index contributed by atoms with van der Waals surface area (Å²) in [6.45, 7) is 0.322. The Hall–Kier alpha value is -2.11. The summed E-state index contributed by atoms with van der Waals surface area (Å²) in [6.07, 6.45) is 0. The van der Waals surface area contributed by atoms with Crippen molar-refractivity contribution in [1.82, 2.24) is 9.21 Å². The van der Waals surface area contributed by atoms with Crippen molar-refractivity contribution in [3.8, 4) is 6.07 Å². The normalized spacial score (nSPS) is 17.0. The zero-order valence-corrected chi connectivity index (χ0v) is 11.7. The van der Waals surface area contributed by atoms with Gasteiger partial charge in [-0.3, -0.25) is 4.79 Å². The van der Waals surface area contributed by atoms with Crippen LogP contribution in [0.4, 0.5) is 5.69 Å². The Morgan fingerprint density at radius 1 is 1.35 bits per heavy atom. The number of rotatable bonds is 2. The predicted molar refractivity (Wildman–Crippen MR) is 72.0 cm³/mol. The second kappa shape index (κ2) is 5.11. The molecular weight excluding hydrogens is 280 g/mol. The monoisotopic (exact) mass is 294 g/mol. The molecule has 1 fully saturated rings.